The quantitative estimate of drug-likeness (QED) is 0.314. The maximum atomic E-state index is 15.3. The predicted octanol–water partition coefficient (Wildman–Crippen LogP) is 4.68. The summed E-state index contributed by atoms with van der Waals surface area (Å²) in [6.45, 7) is 5.01. The Bertz CT molecular complexity index is 1650. The van der Waals surface area contributed by atoms with Gasteiger partial charge in [-0.05, 0) is 49.6 Å². The number of aromatic nitrogens is 4. The summed E-state index contributed by atoms with van der Waals surface area (Å²) in [4.78, 5) is 26.4. The number of pyridine rings is 1. The highest BCUT2D eigenvalue weighted by Gasteiger charge is 2.35. The average molecular weight is 570 g/mol. The fraction of sp³-hybridized carbons (Fsp3) is 0.333. The molecule has 2 aromatic heterocycles. The normalized spacial score (nSPS) is 18.3. The van der Waals surface area contributed by atoms with Crippen molar-refractivity contribution < 1.29 is 14.3 Å². The molecule has 216 valence electrons. The maximum absolute atomic E-state index is 15.3. The third-order valence-corrected chi connectivity index (χ3v) is 8.55. The van der Waals surface area contributed by atoms with Crippen LogP contribution in [0.4, 0.5) is 38.1 Å². The van der Waals surface area contributed by atoms with Gasteiger partial charge in [0.05, 0.1) is 17.1 Å². The van der Waals surface area contributed by atoms with Gasteiger partial charge in [-0.1, -0.05) is 30.3 Å². The van der Waals surface area contributed by atoms with Gasteiger partial charge in [-0.2, -0.15) is 9.67 Å². The Morgan fingerprint density at radius 3 is 2.55 bits per heavy atom. The number of piperazine rings is 1. The van der Waals surface area contributed by atoms with Crippen molar-refractivity contribution in [2.24, 2.45) is 0 Å². The lowest BCUT2D eigenvalue weighted by atomic mass is 9.84. The number of hydrogen-bond donors (Lipinski definition) is 3. The number of benzene rings is 2. The molecule has 1 atom stereocenters. The molecule has 0 aliphatic carbocycles. The summed E-state index contributed by atoms with van der Waals surface area (Å²) in [5, 5.41) is 16.9. The van der Waals surface area contributed by atoms with E-state index in [4.69, 9.17) is 10.7 Å². The molecular weight excluding hydrogens is 537 g/mol. The number of carbonyl (C=O) groups is 1. The van der Waals surface area contributed by atoms with Crippen LogP contribution in [0.15, 0.2) is 54.6 Å². The maximum Gasteiger partial charge on any atom is 0.407 e. The molecule has 4 N–H and O–H groups in total. The average Bonchev–Trinajstić information content (AvgIpc) is 3.37. The van der Waals surface area contributed by atoms with Gasteiger partial charge in [-0.3, -0.25) is 0 Å². The summed E-state index contributed by atoms with van der Waals surface area (Å²) in [5.74, 6) is 0.972. The number of nitrogens with zero attached hydrogens (tertiary/aromatic N) is 7. The van der Waals surface area contributed by atoms with E-state index in [9.17, 15) is 9.90 Å². The molecule has 2 fully saturated rings. The number of nitrogens with one attached hydrogen (secondary N) is 1. The van der Waals surface area contributed by atoms with E-state index in [1.165, 1.54) is 21.3 Å². The van der Waals surface area contributed by atoms with E-state index in [-0.39, 0.29) is 17.9 Å². The predicted molar refractivity (Wildman–Crippen MR) is 159 cm³/mol. The fourth-order valence-corrected chi connectivity index (χ4v) is 6.47. The molecule has 4 aromatic rings. The van der Waals surface area contributed by atoms with Crippen molar-refractivity contribution >= 4 is 35.1 Å². The topological polar surface area (TPSA) is 129 Å². The second-order valence-corrected chi connectivity index (χ2v) is 11.2. The zero-order valence-corrected chi connectivity index (χ0v) is 23.2. The SMILES string of the molecule is CC1CN(C(=O)O)CCN1c1ccc(Nc2nc(N)n(-c3cc(-c4ccccc4)c4c(n3)C3CCN4CC3)n2)cc1F. The highest BCUT2D eigenvalue weighted by Crippen LogP contribution is 2.46. The molecule has 12 heteroatoms. The van der Waals surface area contributed by atoms with Crippen LogP contribution < -0.4 is 20.9 Å². The van der Waals surface area contributed by atoms with Crippen LogP contribution in [-0.2, 0) is 0 Å². The molecule has 2 bridgehead atoms. The first-order valence-electron chi connectivity index (χ1n) is 14.2. The molecule has 11 nitrogen and oxygen atoms in total. The van der Waals surface area contributed by atoms with Gasteiger partial charge in [0.15, 0.2) is 5.82 Å². The van der Waals surface area contributed by atoms with E-state index >= 15 is 4.39 Å². The van der Waals surface area contributed by atoms with Gasteiger partial charge in [0.25, 0.3) is 0 Å². The van der Waals surface area contributed by atoms with Crippen molar-refractivity contribution in [1.82, 2.24) is 24.6 Å². The van der Waals surface area contributed by atoms with Crippen molar-refractivity contribution in [3.63, 3.8) is 0 Å². The van der Waals surface area contributed by atoms with E-state index in [1.807, 2.05) is 36.1 Å². The molecule has 8 rings (SSSR count). The lowest BCUT2D eigenvalue weighted by Crippen LogP contribution is -2.53. The second-order valence-electron chi connectivity index (χ2n) is 11.2. The number of nitrogens with two attached hydrogens (primary N) is 1. The molecular formula is C30H32FN9O2. The Labute approximate surface area is 242 Å². The van der Waals surface area contributed by atoms with Crippen molar-refractivity contribution in [2.45, 2.75) is 31.7 Å². The van der Waals surface area contributed by atoms with Crippen LogP contribution in [0.3, 0.4) is 0 Å². The van der Waals surface area contributed by atoms with Gasteiger partial charge >= 0.3 is 6.09 Å². The molecule has 0 radical (unpaired) electrons. The first-order valence-corrected chi connectivity index (χ1v) is 14.2. The number of carboxylic acid groups (broad SMARTS) is 1. The lowest BCUT2D eigenvalue weighted by molar-refractivity contribution is 0.136. The molecule has 0 saturated carbocycles. The highest BCUT2D eigenvalue weighted by atomic mass is 19.1. The van der Waals surface area contributed by atoms with E-state index in [2.05, 4.69) is 32.4 Å². The zero-order valence-electron chi connectivity index (χ0n) is 23.2. The van der Waals surface area contributed by atoms with Gasteiger partial charge in [0.2, 0.25) is 11.9 Å². The van der Waals surface area contributed by atoms with Crippen LogP contribution >= 0.6 is 0 Å². The highest BCUT2D eigenvalue weighted by molar-refractivity contribution is 5.83. The fourth-order valence-electron chi connectivity index (χ4n) is 6.47. The minimum Gasteiger partial charge on any atom is -0.465 e. The number of anilines is 5. The molecule has 4 aliphatic rings. The molecule has 2 aromatic carbocycles. The van der Waals surface area contributed by atoms with E-state index in [0.29, 0.717) is 42.7 Å². The summed E-state index contributed by atoms with van der Waals surface area (Å²) in [6, 6.07) is 17.0. The number of amides is 1. The number of fused-ring (bicyclic) bond motifs is 2. The van der Waals surface area contributed by atoms with Crippen LogP contribution in [-0.4, -0.2) is 74.6 Å². The molecule has 1 amide bonds. The Balaban J connectivity index is 1.17. The minimum atomic E-state index is -0.959. The zero-order chi connectivity index (χ0) is 29.0. The van der Waals surface area contributed by atoms with Gasteiger partial charge in [0, 0.05) is 55.9 Å². The van der Waals surface area contributed by atoms with Crippen LogP contribution in [0.1, 0.15) is 31.4 Å². The number of nitrogen functional groups attached to an aromatic ring is 1. The van der Waals surface area contributed by atoms with Gasteiger partial charge in [-0.15, -0.1) is 5.10 Å². The second kappa shape index (κ2) is 10.2. The molecule has 6 heterocycles. The van der Waals surface area contributed by atoms with Crippen molar-refractivity contribution in [3.8, 4) is 16.9 Å². The number of hydrogen-bond acceptors (Lipinski definition) is 8. The van der Waals surface area contributed by atoms with Crippen molar-refractivity contribution in [2.75, 3.05) is 53.6 Å². The van der Waals surface area contributed by atoms with Crippen molar-refractivity contribution in [3.05, 3.63) is 66.1 Å². The molecule has 4 aliphatic heterocycles. The Morgan fingerprint density at radius 1 is 1.05 bits per heavy atom. The monoisotopic (exact) mass is 569 g/mol. The van der Waals surface area contributed by atoms with Crippen LogP contribution in [0.25, 0.3) is 16.9 Å². The van der Waals surface area contributed by atoms with Crippen LogP contribution in [0, 0.1) is 5.82 Å². The lowest BCUT2D eigenvalue weighted by Gasteiger charge is -2.42. The number of halogens is 1. The van der Waals surface area contributed by atoms with Crippen LogP contribution in [0.5, 0.6) is 0 Å². The third-order valence-electron chi connectivity index (χ3n) is 8.55. The molecule has 1 unspecified atom stereocenters. The van der Waals surface area contributed by atoms with E-state index < -0.39 is 11.9 Å². The Hall–Kier alpha value is -4.87. The smallest absolute Gasteiger partial charge is 0.407 e. The third kappa shape index (κ3) is 4.52. The standard InChI is InChI=1S/C30H32FN9O2/c1-18-17-38(30(41)42)13-14-39(18)24-8-7-21(15-23(24)31)33-29-35-28(32)40(36-29)25-16-22(19-5-3-2-4-6-19)27-26(34-25)20-9-11-37(27)12-10-20/h2-8,15-16,18,20H,9-14,17H2,1H3,(H,41,42)(H3,32,33,35,36). The van der Waals surface area contributed by atoms with Gasteiger partial charge in [-0.25, -0.2) is 14.2 Å². The largest absolute Gasteiger partial charge is 0.465 e. The van der Waals surface area contributed by atoms with E-state index in [1.54, 1.807) is 12.1 Å². The number of rotatable bonds is 5. The molecule has 42 heavy (non-hydrogen) atoms. The number of piperidine rings is 1. The summed E-state index contributed by atoms with van der Waals surface area (Å²) in [5.41, 5.74) is 11.7. The van der Waals surface area contributed by atoms with Crippen molar-refractivity contribution in [1.29, 1.82) is 0 Å². The molecule has 0 spiro atoms. The van der Waals surface area contributed by atoms with Gasteiger partial charge in [0.1, 0.15) is 5.82 Å². The van der Waals surface area contributed by atoms with Gasteiger partial charge < -0.3 is 30.9 Å². The first kappa shape index (κ1) is 26.1. The first-order chi connectivity index (χ1) is 20.4. The summed E-state index contributed by atoms with van der Waals surface area (Å²) in [6.07, 6.45) is 1.19. The summed E-state index contributed by atoms with van der Waals surface area (Å²) >= 11 is 0. The Kier molecular flexibility index (Phi) is 6.33. The summed E-state index contributed by atoms with van der Waals surface area (Å²) < 4.78 is 16.8. The van der Waals surface area contributed by atoms with Crippen LogP contribution in [0.2, 0.25) is 0 Å². The molecule has 2 saturated heterocycles. The summed E-state index contributed by atoms with van der Waals surface area (Å²) in [7, 11) is 0. The Morgan fingerprint density at radius 2 is 1.83 bits per heavy atom. The van der Waals surface area contributed by atoms with E-state index in [0.717, 1.165) is 42.8 Å². The minimum absolute atomic E-state index is 0.155.